The van der Waals surface area contributed by atoms with Crippen LogP contribution in [0.2, 0.25) is 10.0 Å². The van der Waals surface area contributed by atoms with Gasteiger partial charge in [0.25, 0.3) is 0 Å². The van der Waals surface area contributed by atoms with Crippen LogP contribution < -0.4 is 0 Å². The molecule has 0 aromatic heterocycles. The molecule has 0 bridgehead atoms. The van der Waals surface area contributed by atoms with Crippen LogP contribution in [0.15, 0.2) is 24.8 Å². The second kappa shape index (κ2) is 3.94. The van der Waals surface area contributed by atoms with Gasteiger partial charge in [0.1, 0.15) is 0 Å². The largest absolute Gasteiger partial charge is 0.392 e. The zero-order valence-corrected chi connectivity index (χ0v) is 7.86. The standard InChI is InChI=1S/C9H8Cl2O/c1-6(5-12)8-3-2-7(10)4-9(8)11/h2-4,12H,1,5H2. The smallest absolute Gasteiger partial charge is 0.0682 e. The van der Waals surface area contributed by atoms with Crippen LogP contribution >= 0.6 is 23.2 Å². The van der Waals surface area contributed by atoms with Gasteiger partial charge < -0.3 is 5.11 Å². The molecule has 0 aliphatic carbocycles. The molecule has 1 nitrogen and oxygen atoms in total. The Morgan fingerprint density at radius 1 is 1.42 bits per heavy atom. The Morgan fingerprint density at radius 3 is 2.58 bits per heavy atom. The molecule has 0 aliphatic heterocycles. The molecular weight excluding hydrogens is 195 g/mol. The highest BCUT2D eigenvalue weighted by atomic mass is 35.5. The van der Waals surface area contributed by atoms with Crippen molar-refractivity contribution in [3.63, 3.8) is 0 Å². The third-order valence-corrected chi connectivity index (χ3v) is 2.05. The Labute approximate surface area is 81.2 Å². The van der Waals surface area contributed by atoms with Crippen LogP contribution in [0.5, 0.6) is 0 Å². The zero-order valence-electron chi connectivity index (χ0n) is 6.35. The van der Waals surface area contributed by atoms with Crippen molar-refractivity contribution in [3.05, 3.63) is 40.4 Å². The third kappa shape index (κ3) is 2.01. The summed E-state index contributed by atoms with van der Waals surface area (Å²) in [5, 5.41) is 9.88. The van der Waals surface area contributed by atoms with Gasteiger partial charge >= 0.3 is 0 Å². The summed E-state index contributed by atoms with van der Waals surface area (Å²) in [6, 6.07) is 5.08. The molecule has 0 unspecified atom stereocenters. The van der Waals surface area contributed by atoms with E-state index in [9.17, 15) is 0 Å². The lowest BCUT2D eigenvalue weighted by Gasteiger charge is -2.04. The first-order valence-corrected chi connectivity index (χ1v) is 4.15. The Balaban J connectivity index is 3.09. The van der Waals surface area contributed by atoms with E-state index in [1.54, 1.807) is 18.2 Å². The van der Waals surface area contributed by atoms with Gasteiger partial charge in [-0.15, -0.1) is 0 Å². The average Bonchev–Trinajstić information content (AvgIpc) is 2.03. The van der Waals surface area contributed by atoms with Crippen molar-refractivity contribution in [2.24, 2.45) is 0 Å². The van der Waals surface area contributed by atoms with Crippen LogP contribution in [0.1, 0.15) is 5.56 Å². The normalized spacial score (nSPS) is 9.92. The molecule has 1 aromatic carbocycles. The molecule has 0 saturated heterocycles. The summed E-state index contributed by atoms with van der Waals surface area (Å²) < 4.78 is 0. The Kier molecular flexibility index (Phi) is 3.15. The van der Waals surface area contributed by atoms with Gasteiger partial charge in [0.15, 0.2) is 0 Å². The highest BCUT2D eigenvalue weighted by molar-refractivity contribution is 6.35. The summed E-state index contributed by atoms with van der Waals surface area (Å²) in [6.45, 7) is 3.56. The van der Waals surface area contributed by atoms with Gasteiger partial charge in [-0.2, -0.15) is 0 Å². The molecule has 0 amide bonds. The van der Waals surface area contributed by atoms with Crippen molar-refractivity contribution < 1.29 is 5.11 Å². The fraction of sp³-hybridized carbons (Fsp3) is 0.111. The van der Waals surface area contributed by atoms with Gasteiger partial charge in [-0.3, -0.25) is 0 Å². The average molecular weight is 203 g/mol. The van der Waals surface area contributed by atoms with E-state index in [0.717, 1.165) is 5.56 Å². The fourth-order valence-electron chi connectivity index (χ4n) is 0.861. The molecule has 0 aliphatic rings. The van der Waals surface area contributed by atoms with E-state index in [2.05, 4.69) is 6.58 Å². The molecule has 0 heterocycles. The Hall–Kier alpha value is -0.500. The van der Waals surface area contributed by atoms with E-state index in [1.807, 2.05) is 0 Å². The maximum Gasteiger partial charge on any atom is 0.0682 e. The Morgan fingerprint density at radius 2 is 2.08 bits per heavy atom. The summed E-state index contributed by atoms with van der Waals surface area (Å²) >= 11 is 11.5. The lowest BCUT2D eigenvalue weighted by atomic mass is 10.1. The predicted molar refractivity (Wildman–Crippen MR) is 52.6 cm³/mol. The lowest BCUT2D eigenvalue weighted by Crippen LogP contribution is -1.89. The van der Waals surface area contributed by atoms with E-state index in [-0.39, 0.29) is 6.61 Å². The number of rotatable bonds is 2. The van der Waals surface area contributed by atoms with Crippen LogP contribution in [-0.4, -0.2) is 11.7 Å². The molecule has 1 aromatic rings. The second-order valence-corrected chi connectivity index (χ2v) is 3.23. The van der Waals surface area contributed by atoms with Gasteiger partial charge in [-0.1, -0.05) is 35.8 Å². The molecule has 0 saturated carbocycles. The highest BCUT2D eigenvalue weighted by Gasteiger charge is 2.03. The minimum Gasteiger partial charge on any atom is -0.392 e. The first kappa shape index (κ1) is 9.59. The van der Waals surface area contributed by atoms with Crippen molar-refractivity contribution in [2.45, 2.75) is 0 Å². The molecule has 0 radical (unpaired) electrons. The van der Waals surface area contributed by atoms with E-state index in [1.165, 1.54) is 0 Å². The van der Waals surface area contributed by atoms with Crippen molar-refractivity contribution in [1.29, 1.82) is 0 Å². The maximum atomic E-state index is 8.79. The van der Waals surface area contributed by atoms with Crippen LogP contribution in [-0.2, 0) is 0 Å². The molecular formula is C9H8Cl2O. The molecule has 1 N–H and O–H groups in total. The SMILES string of the molecule is C=C(CO)c1ccc(Cl)cc1Cl. The third-order valence-electron chi connectivity index (χ3n) is 1.50. The molecule has 3 heteroatoms. The molecule has 1 rings (SSSR count). The number of hydrogen-bond donors (Lipinski definition) is 1. The van der Waals surface area contributed by atoms with E-state index < -0.39 is 0 Å². The zero-order chi connectivity index (χ0) is 9.14. The van der Waals surface area contributed by atoms with Crippen LogP contribution in [0.25, 0.3) is 5.57 Å². The van der Waals surface area contributed by atoms with Crippen LogP contribution in [0, 0.1) is 0 Å². The monoisotopic (exact) mass is 202 g/mol. The van der Waals surface area contributed by atoms with Crippen LogP contribution in [0.3, 0.4) is 0 Å². The number of benzene rings is 1. The van der Waals surface area contributed by atoms with Gasteiger partial charge in [0, 0.05) is 10.0 Å². The number of aliphatic hydroxyl groups excluding tert-OH is 1. The first-order valence-electron chi connectivity index (χ1n) is 3.39. The van der Waals surface area contributed by atoms with Crippen molar-refractivity contribution in [1.82, 2.24) is 0 Å². The molecule has 64 valence electrons. The van der Waals surface area contributed by atoms with Crippen molar-refractivity contribution in [3.8, 4) is 0 Å². The fourth-order valence-corrected chi connectivity index (χ4v) is 1.40. The van der Waals surface area contributed by atoms with Gasteiger partial charge in [-0.25, -0.2) is 0 Å². The van der Waals surface area contributed by atoms with E-state index >= 15 is 0 Å². The molecule has 0 spiro atoms. The van der Waals surface area contributed by atoms with Gasteiger partial charge in [-0.05, 0) is 23.3 Å². The minimum absolute atomic E-state index is 0.0959. The Bertz CT molecular complexity index is 307. The number of hydrogen-bond acceptors (Lipinski definition) is 1. The highest BCUT2D eigenvalue weighted by Crippen LogP contribution is 2.25. The molecule has 0 atom stereocenters. The first-order chi connectivity index (χ1) is 5.65. The summed E-state index contributed by atoms with van der Waals surface area (Å²) in [5.41, 5.74) is 1.33. The topological polar surface area (TPSA) is 20.2 Å². The number of aliphatic hydroxyl groups is 1. The summed E-state index contributed by atoms with van der Waals surface area (Å²) in [5.74, 6) is 0. The van der Waals surface area contributed by atoms with Gasteiger partial charge in [0.2, 0.25) is 0 Å². The maximum absolute atomic E-state index is 8.79. The quantitative estimate of drug-likeness (QED) is 0.783. The summed E-state index contributed by atoms with van der Waals surface area (Å²) in [6.07, 6.45) is 0. The summed E-state index contributed by atoms with van der Waals surface area (Å²) in [7, 11) is 0. The van der Waals surface area contributed by atoms with E-state index in [0.29, 0.717) is 15.6 Å². The lowest BCUT2D eigenvalue weighted by molar-refractivity contribution is 0.350. The minimum atomic E-state index is -0.0959. The van der Waals surface area contributed by atoms with Crippen molar-refractivity contribution in [2.75, 3.05) is 6.61 Å². The molecule has 0 fully saturated rings. The second-order valence-electron chi connectivity index (χ2n) is 2.39. The van der Waals surface area contributed by atoms with E-state index in [4.69, 9.17) is 28.3 Å². The summed E-state index contributed by atoms with van der Waals surface area (Å²) in [4.78, 5) is 0. The molecule has 12 heavy (non-hydrogen) atoms. The predicted octanol–water partition coefficient (Wildman–Crippen LogP) is 3.00. The van der Waals surface area contributed by atoms with Gasteiger partial charge in [0.05, 0.1) is 6.61 Å². The van der Waals surface area contributed by atoms with Crippen LogP contribution in [0.4, 0.5) is 0 Å². The van der Waals surface area contributed by atoms with Crippen molar-refractivity contribution >= 4 is 28.8 Å². The number of halogens is 2.